The zero-order valence-electron chi connectivity index (χ0n) is 18.2. The predicted octanol–water partition coefficient (Wildman–Crippen LogP) is 1.03. The number of hydrogen-bond acceptors (Lipinski definition) is 8. The van der Waals surface area contributed by atoms with Gasteiger partial charge in [0, 0.05) is 30.9 Å². The fourth-order valence-electron chi connectivity index (χ4n) is 3.57. The molecule has 3 aromatic rings. The lowest BCUT2D eigenvalue weighted by molar-refractivity contribution is -0.132. The molecule has 0 bridgehead atoms. The number of aliphatic hydroxyl groups is 1. The summed E-state index contributed by atoms with van der Waals surface area (Å²) >= 11 is 0. The second-order valence-corrected chi connectivity index (χ2v) is 10.0. The van der Waals surface area contributed by atoms with E-state index in [0.717, 1.165) is 16.8 Å². The molecule has 0 amide bonds. The van der Waals surface area contributed by atoms with Gasteiger partial charge in [-0.1, -0.05) is 6.07 Å². The van der Waals surface area contributed by atoms with Gasteiger partial charge in [-0.3, -0.25) is 4.68 Å². The normalized spacial score (nSPS) is 15.5. The first kappa shape index (κ1) is 22.3. The van der Waals surface area contributed by atoms with Gasteiger partial charge >= 0.3 is 0 Å². The first-order valence-electron chi connectivity index (χ1n) is 10.1. The summed E-state index contributed by atoms with van der Waals surface area (Å²) in [5, 5.41) is 13.9. The molecule has 1 aliphatic rings. The van der Waals surface area contributed by atoms with Crippen LogP contribution in [0.5, 0.6) is 0 Å². The van der Waals surface area contributed by atoms with Gasteiger partial charge in [0.15, 0.2) is 0 Å². The Hall–Kier alpha value is -2.86. The molecule has 1 aliphatic heterocycles. The van der Waals surface area contributed by atoms with Crippen molar-refractivity contribution in [1.29, 1.82) is 0 Å². The van der Waals surface area contributed by atoms with Crippen molar-refractivity contribution in [3.8, 4) is 22.5 Å². The maximum Gasteiger partial charge on any atom is 0.240 e. The van der Waals surface area contributed by atoms with E-state index < -0.39 is 15.4 Å². The molecule has 1 saturated heterocycles. The lowest BCUT2D eigenvalue weighted by atomic mass is 9.87. The third kappa shape index (κ3) is 4.11. The number of anilines is 1. The van der Waals surface area contributed by atoms with Crippen molar-refractivity contribution in [2.75, 3.05) is 32.1 Å². The molecule has 2 aromatic heterocycles. The predicted molar refractivity (Wildman–Crippen MR) is 119 cm³/mol. The molecule has 4 N–H and O–H groups in total. The number of aliphatic hydroxyl groups excluding tert-OH is 1. The first-order chi connectivity index (χ1) is 15.1. The van der Waals surface area contributed by atoms with Crippen molar-refractivity contribution in [3.63, 3.8) is 0 Å². The quantitative estimate of drug-likeness (QED) is 0.476. The number of nitrogens with two attached hydrogens (primary N) is 1. The number of ether oxygens (including phenoxy) is 1. The lowest BCUT2D eigenvalue weighted by Gasteiger charge is -2.39. The van der Waals surface area contributed by atoms with Crippen LogP contribution in [0.25, 0.3) is 22.5 Å². The van der Waals surface area contributed by atoms with Crippen LogP contribution in [0.2, 0.25) is 0 Å². The average molecular weight is 459 g/mol. The maximum absolute atomic E-state index is 12.9. The van der Waals surface area contributed by atoms with Gasteiger partial charge in [-0.15, -0.1) is 0 Å². The first-order valence-corrected chi connectivity index (χ1v) is 11.5. The van der Waals surface area contributed by atoms with Crippen molar-refractivity contribution in [2.45, 2.75) is 18.7 Å². The highest BCUT2D eigenvalue weighted by Gasteiger charge is 2.39. The summed E-state index contributed by atoms with van der Waals surface area (Å²) in [6.45, 7) is 4.33. The van der Waals surface area contributed by atoms with Crippen LogP contribution in [-0.2, 0) is 21.8 Å². The van der Waals surface area contributed by atoms with Crippen LogP contribution in [0.15, 0.2) is 35.5 Å². The van der Waals surface area contributed by atoms with Crippen molar-refractivity contribution in [1.82, 2.24) is 24.5 Å². The highest BCUT2D eigenvalue weighted by atomic mass is 32.2. The number of nitrogen functional groups attached to an aromatic ring is 1. The molecule has 4 rings (SSSR count). The van der Waals surface area contributed by atoms with Gasteiger partial charge in [0.05, 0.1) is 47.7 Å². The molecule has 0 atom stereocenters. The summed E-state index contributed by atoms with van der Waals surface area (Å²) in [5.74, 6) is 0.268. The van der Waals surface area contributed by atoms with Gasteiger partial charge in [-0.25, -0.2) is 23.1 Å². The minimum Gasteiger partial charge on any atom is -0.396 e. The lowest BCUT2D eigenvalue weighted by Crippen LogP contribution is -2.53. The van der Waals surface area contributed by atoms with E-state index in [0.29, 0.717) is 30.2 Å². The highest BCUT2D eigenvalue weighted by Crippen LogP contribution is 2.31. The number of aromatic nitrogens is 4. The SMILES string of the molecule is Cc1ccc(S(=O)(=O)NCC2(CO)COC2)cc1-c1cnc(N)c(-c2cn(C)nc2C)n1. The van der Waals surface area contributed by atoms with Crippen molar-refractivity contribution >= 4 is 15.8 Å². The summed E-state index contributed by atoms with van der Waals surface area (Å²) in [4.78, 5) is 9.07. The van der Waals surface area contributed by atoms with Gasteiger partial charge in [0.25, 0.3) is 0 Å². The zero-order valence-corrected chi connectivity index (χ0v) is 19.0. The molecule has 10 nitrogen and oxygen atoms in total. The Balaban J connectivity index is 1.69. The minimum absolute atomic E-state index is 0.0984. The molecule has 11 heteroatoms. The van der Waals surface area contributed by atoms with Crippen molar-refractivity contribution in [3.05, 3.63) is 41.9 Å². The Kier molecular flexibility index (Phi) is 5.76. The molecule has 0 aliphatic carbocycles. The van der Waals surface area contributed by atoms with E-state index >= 15 is 0 Å². The van der Waals surface area contributed by atoms with Crippen LogP contribution in [0.4, 0.5) is 5.82 Å². The van der Waals surface area contributed by atoms with E-state index in [2.05, 4.69) is 19.8 Å². The van der Waals surface area contributed by atoms with E-state index in [1.165, 1.54) is 6.20 Å². The van der Waals surface area contributed by atoms with E-state index in [1.807, 2.05) is 27.1 Å². The van der Waals surface area contributed by atoms with E-state index in [9.17, 15) is 13.5 Å². The van der Waals surface area contributed by atoms with Gasteiger partial charge < -0.3 is 15.6 Å². The Morgan fingerprint density at radius 3 is 2.62 bits per heavy atom. The van der Waals surface area contributed by atoms with Crippen molar-refractivity contribution < 1.29 is 18.3 Å². The molecule has 1 fully saturated rings. The summed E-state index contributed by atoms with van der Waals surface area (Å²) in [5.41, 5.74) is 9.51. The smallest absolute Gasteiger partial charge is 0.240 e. The second-order valence-electron chi connectivity index (χ2n) is 8.24. The molecule has 3 heterocycles. The number of nitrogens with one attached hydrogen (secondary N) is 1. The van der Waals surface area contributed by atoms with Crippen LogP contribution in [0, 0.1) is 19.3 Å². The number of rotatable bonds is 7. The van der Waals surface area contributed by atoms with Crippen LogP contribution in [0.3, 0.4) is 0 Å². The van der Waals surface area contributed by atoms with Gasteiger partial charge in [0.2, 0.25) is 10.0 Å². The summed E-state index contributed by atoms with van der Waals surface area (Å²) in [7, 11) is -1.99. The Bertz CT molecular complexity index is 1260. The number of nitrogens with zero attached hydrogens (tertiary/aromatic N) is 4. The summed E-state index contributed by atoms with van der Waals surface area (Å²) < 4.78 is 35.2. The molecule has 0 saturated carbocycles. The Morgan fingerprint density at radius 2 is 2.03 bits per heavy atom. The van der Waals surface area contributed by atoms with Crippen LogP contribution < -0.4 is 10.5 Å². The third-order valence-electron chi connectivity index (χ3n) is 5.65. The highest BCUT2D eigenvalue weighted by molar-refractivity contribution is 7.89. The number of benzene rings is 1. The number of hydrogen-bond donors (Lipinski definition) is 3. The summed E-state index contributed by atoms with van der Waals surface area (Å²) in [6.07, 6.45) is 3.35. The molecule has 32 heavy (non-hydrogen) atoms. The summed E-state index contributed by atoms with van der Waals surface area (Å²) in [6, 6.07) is 4.84. The number of aryl methyl sites for hydroxylation is 3. The fraction of sp³-hybridized carbons (Fsp3) is 0.381. The fourth-order valence-corrected chi connectivity index (χ4v) is 4.76. The largest absolute Gasteiger partial charge is 0.396 e. The third-order valence-corrected chi connectivity index (χ3v) is 7.05. The monoisotopic (exact) mass is 458 g/mol. The Labute approximate surface area is 186 Å². The molecule has 1 aromatic carbocycles. The second kappa shape index (κ2) is 8.24. The van der Waals surface area contributed by atoms with Crippen molar-refractivity contribution in [2.24, 2.45) is 12.5 Å². The maximum atomic E-state index is 12.9. The molecule has 170 valence electrons. The van der Waals surface area contributed by atoms with E-state index in [1.54, 1.807) is 22.9 Å². The molecular weight excluding hydrogens is 432 g/mol. The van der Waals surface area contributed by atoms with Gasteiger partial charge in [-0.2, -0.15) is 5.10 Å². The standard InChI is InChI=1S/C21H26N6O4S/c1-13-4-5-15(32(29,30)24-9-21(10-28)11-31-12-21)6-16(13)18-7-23-20(22)19(25-18)17-8-27(3)26-14(17)2/h4-8,24,28H,9-12H2,1-3H3,(H2,22,23). The molecular formula is C21H26N6O4S. The van der Waals surface area contributed by atoms with E-state index in [4.69, 9.17) is 10.5 Å². The molecule has 0 spiro atoms. The van der Waals surface area contributed by atoms with Crippen LogP contribution >= 0.6 is 0 Å². The molecule has 0 unspecified atom stereocenters. The van der Waals surface area contributed by atoms with Gasteiger partial charge in [-0.05, 0) is 31.5 Å². The Morgan fingerprint density at radius 1 is 1.28 bits per heavy atom. The van der Waals surface area contributed by atoms with Crippen LogP contribution in [0.1, 0.15) is 11.3 Å². The van der Waals surface area contributed by atoms with E-state index in [-0.39, 0.29) is 23.9 Å². The molecule has 0 radical (unpaired) electrons. The van der Waals surface area contributed by atoms with Gasteiger partial charge in [0.1, 0.15) is 11.5 Å². The number of sulfonamides is 1. The minimum atomic E-state index is -3.80. The topological polar surface area (TPSA) is 145 Å². The zero-order chi connectivity index (χ0) is 23.1. The van der Waals surface area contributed by atoms with Crippen LogP contribution in [-0.4, -0.2) is 59.6 Å². The average Bonchev–Trinajstić information content (AvgIpc) is 3.06.